The summed E-state index contributed by atoms with van der Waals surface area (Å²) in [5.74, 6) is 0. The van der Waals surface area contributed by atoms with Gasteiger partial charge in [-0.25, -0.2) is 4.98 Å². The third kappa shape index (κ3) is 1.53. The van der Waals surface area contributed by atoms with Crippen LogP contribution >= 0.6 is 11.3 Å². The first-order valence-corrected chi connectivity index (χ1v) is 5.69. The molecule has 3 aromatic rings. The van der Waals surface area contributed by atoms with Gasteiger partial charge in [-0.15, -0.1) is 11.3 Å². The Morgan fingerprint density at radius 1 is 1.12 bits per heavy atom. The maximum Gasteiger partial charge on any atom is 0.207 e. The van der Waals surface area contributed by atoms with Crippen LogP contribution in [0.2, 0.25) is 0 Å². The van der Waals surface area contributed by atoms with Gasteiger partial charge in [0, 0.05) is 11.6 Å². The highest BCUT2D eigenvalue weighted by Gasteiger charge is 2.07. The molecule has 0 aliphatic rings. The molecule has 3 nitrogen and oxygen atoms in total. The van der Waals surface area contributed by atoms with Crippen LogP contribution in [0.25, 0.3) is 20.8 Å². The van der Waals surface area contributed by atoms with Crippen LogP contribution in [0.3, 0.4) is 0 Å². The summed E-state index contributed by atoms with van der Waals surface area (Å²) in [4.78, 5) is 4.44. The Labute approximate surface area is 96.2 Å². The van der Waals surface area contributed by atoms with Crippen LogP contribution in [0, 0.1) is 5.21 Å². The molecule has 0 aliphatic heterocycles. The highest BCUT2D eigenvalue weighted by molar-refractivity contribution is 7.21. The molecule has 0 spiro atoms. The maximum absolute atomic E-state index is 11.1. The molecule has 0 atom stereocenters. The van der Waals surface area contributed by atoms with Crippen molar-refractivity contribution in [2.75, 3.05) is 0 Å². The number of benzene rings is 1. The fourth-order valence-electron chi connectivity index (χ4n) is 1.56. The predicted molar refractivity (Wildman–Crippen MR) is 64.0 cm³/mol. The molecule has 78 valence electrons. The van der Waals surface area contributed by atoms with Crippen molar-refractivity contribution in [1.82, 2.24) is 4.98 Å². The molecule has 0 saturated carbocycles. The molecule has 0 radical (unpaired) electrons. The van der Waals surface area contributed by atoms with E-state index in [0.717, 1.165) is 25.5 Å². The summed E-state index contributed by atoms with van der Waals surface area (Å²) in [6, 6.07) is 11.8. The number of hydrogen-bond donors (Lipinski definition) is 0. The smallest absolute Gasteiger partial charge is 0.207 e. The predicted octanol–water partition coefficient (Wildman–Crippen LogP) is 2.60. The number of hydrogen-bond acceptors (Lipinski definition) is 3. The van der Waals surface area contributed by atoms with E-state index < -0.39 is 0 Å². The van der Waals surface area contributed by atoms with Crippen molar-refractivity contribution in [1.29, 1.82) is 0 Å². The molecule has 2 aromatic heterocycles. The Balaban J connectivity index is 2.19. The third-order valence-electron chi connectivity index (χ3n) is 2.32. The summed E-state index contributed by atoms with van der Waals surface area (Å²) < 4.78 is 1.81. The van der Waals surface area contributed by atoms with Crippen molar-refractivity contribution in [3.63, 3.8) is 0 Å². The molecule has 0 saturated heterocycles. The Bertz CT molecular complexity index is 634. The summed E-state index contributed by atoms with van der Waals surface area (Å²) in [6.07, 6.45) is 2.99. The summed E-state index contributed by atoms with van der Waals surface area (Å²) >= 11 is 1.60. The van der Waals surface area contributed by atoms with Crippen molar-refractivity contribution in [3.8, 4) is 10.6 Å². The lowest BCUT2D eigenvalue weighted by Gasteiger charge is -1.92. The van der Waals surface area contributed by atoms with Gasteiger partial charge in [0.15, 0.2) is 6.20 Å². The average Bonchev–Trinajstić information content (AvgIpc) is 2.73. The SMILES string of the molecule is [O-][n+]1ccc2sc(-c3ccccc3)nc2c1. The lowest BCUT2D eigenvalue weighted by molar-refractivity contribution is -0.603. The van der Waals surface area contributed by atoms with Crippen molar-refractivity contribution in [3.05, 3.63) is 54.0 Å². The first kappa shape index (κ1) is 9.30. The van der Waals surface area contributed by atoms with E-state index >= 15 is 0 Å². The summed E-state index contributed by atoms with van der Waals surface area (Å²) in [5, 5.41) is 12.1. The molecule has 4 heteroatoms. The molecule has 0 bridgehead atoms. The van der Waals surface area contributed by atoms with E-state index in [4.69, 9.17) is 0 Å². The second-order valence-corrected chi connectivity index (χ2v) is 4.47. The van der Waals surface area contributed by atoms with Crippen molar-refractivity contribution in [2.45, 2.75) is 0 Å². The van der Waals surface area contributed by atoms with E-state index in [1.54, 1.807) is 17.4 Å². The maximum atomic E-state index is 11.1. The number of nitrogens with zero attached hydrogens (tertiary/aromatic N) is 2. The van der Waals surface area contributed by atoms with Crippen LogP contribution in [-0.4, -0.2) is 4.98 Å². The second kappa shape index (κ2) is 3.57. The van der Waals surface area contributed by atoms with Gasteiger partial charge < -0.3 is 5.21 Å². The second-order valence-electron chi connectivity index (χ2n) is 3.44. The molecule has 1 aromatic carbocycles. The minimum Gasteiger partial charge on any atom is -0.619 e. The first-order chi connectivity index (χ1) is 7.83. The topological polar surface area (TPSA) is 39.8 Å². The van der Waals surface area contributed by atoms with Gasteiger partial charge in [0.2, 0.25) is 6.20 Å². The third-order valence-corrected chi connectivity index (χ3v) is 3.41. The molecular weight excluding hydrogens is 220 g/mol. The zero-order chi connectivity index (χ0) is 11.0. The number of fused-ring (bicyclic) bond motifs is 1. The van der Waals surface area contributed by atoms with Gasteiger partial charge in [-0.2, -0.15) is 4.73 Å². The molecular formula is C12H8N2OS. The molecule has 3 rings (SSSR count). The van der Waals surface area contributed by atoms with Gasteiger partial charge in [-0.05, 0) is 0 Å². The fourth-order valence-corrected chi connectivity index (χ4v) is 2.50. The molecule has 0 aliphatic carbocycles. The van der Waals surface area contributed by atoms with Gasteiger partial charge in [-0.1, -0.05) is 30.3 Å². The molecule has 0 fully saturated rings. The number of rotatable bonds is 1. The zero-order valence-electron chi connectivity index (χ0n) is 8.33. The van der Waals surface area contributed by atoms with Gasteiger partial charge in [0.25, 0.3) is 0 Å². The van der Waals surface area contributed by atoms with Crippen LogP contribution in [0.5, 0.6) is 0 Å². The standard InChI is InChI=1S/C12H8N2OS/c15-14-7-6-11-10(8-14)13-12(16-11)9-4-2-1-3-5-9/h1-8H. The van der Waals surface area contributed by atoms with Gasteiger partial charge in [-0.3, -0.25) is 0 Å². The molecule has 0 N–H and O–H groups in total. The Morgan fingerprint density at radius 3 is 2.75 bits per heavy atom. The monoisotopic (exact) mass is 228 g/mol. The number of pyridine rings is 1. The first-order valence-electron chi connectivity index (χ1n) is 4.88. The zero-order valence-corrected chi connectivity index (χ0v) is 9.15. The number of aromatic nitrogens is 2. The van der Waals surface area contributed by atoms with E-state index in [0.29, 0.717) is 0 Å². The van der Waals surface area contributed by atoms with E-state index in [1.165, 1.54) is 12.4 Å². The average molecular weight is 228 g/mol. The normalized spacial score (nSPS) is 10.8. The van der Waals surface area contributed by atoms with Crippen molar-refractivity contribution >= 4 is 21.6 Å². The summed E-state index contributed by atoms with van der Waals surface area (Å²) in [6.45, 7) is 0. The van der Waals surface area contributed by atoms with Crippen LogP contribution < -0.4 is 4.73 Å². The van der Waals surface area contributed by atoms with Crippen molar-refractivity contribution < 1.29 is 4.73 Å². The lowest BCUT2D eigenvalue weighted by Crippen LogP contribution is -2.23. The van der Waals surface area contributed by atoms with Crippen LogP contribution in [0.4, 0.5) is 0 Å². The van der Waals surface area contributed by atoms with Gasteiger partial charge in [0.05, 0.1) is 4.70 Å². The van der Waals surface area contributed by atoms with E-state index in [2.05, 4.69) is 4.98 Å². The summed E-state index contributed by atoms with van der Waals surface area (Å²) in [5.41, 5.74) is 1.84. The molecule has 2 heterocycles. The highest BCUT2D eigenvalue weighted by atomic mass is 32.1. The van der Waals surface area contributed by atoms with Crippen LogP contribution in [0.15, 0.2) is 48.8 Å². The largest absolute Gasteiger partial charge is 0.619 e. The van der Waals surface area contributed by atoms with Gasteiger partial charge in [0.1, 0.15) is 10.5 Å². The number of thiazole rings is 1. The van der Waals surface area contributed by atoms with E-state index in [1.807, 2.05) is 30.3 Å². The Hall–Kier alpha value is -1.94. The molecule has 0 amide bonds. The fraction of sp³-hybridized carbons (Fsp3) is 0. The Kier molecular flexibility index (Phi) is 2.08. The van der Waals surface area contributed by atoms with E-state index in [9.17, 15) is 5.21 Å². The van der Waals surface area contributed by atoms with Crippen LogP contribution in [0.1, 0.15) is 0 Å². The van der Waals surface area contributed by atoms with Gasteiger partial charge >= 0.3 is 0 Å². The summed E-state index contributed by atoms with van der Waals surface area (Å²) in [7, 11) is 0. The minimum atomic E-state index is 0.751. The Morgan fingerprint density at radius 2 is 1.94 bits per heavy atom. The highest BCUT2D eigenvalue weighted by Crippen LogP contribution is 2.28. The quantitative estimate of drug-likeness (QED) is 0.474. The molecule has 16 heavy (non-hydrogen) atoms. The minimum absolute atomic E-state index is 0.751. The molecule has 0 unspecified atom stereocenters. The van der Waals surface area contributed by atoms with Crippen LogP contribution in [-0.2, 0) is 0 Å². The van der Waals surface area contributed by atoms with E-state index in [-0.39, 0.29) is 0 Å². The lowest BCUT2D eigenvalue weighted by atomic mass is 10.2. The van der Waals surface area contributed by atoms with Crippen molar-refractivity contribution in [2.24, 2.45) is 0 Å².